The van der Waals surface area contributed by atoms with E-state index in [4.69, 9.17) is 5.26 Å². The Hall–Kier alpha value is -2.93. The molecule has 0 aliphatic carbocycles. The summed E-state index contributed by atoms with van der Waals surface area (Å²) in [4.78, 5) is 3.17. The Labute approximate surface area is 135 Å². The predicted octanol–water partition coefficient (Wildman–Crippen LogP) is 4.44. The van der Waals surface area contributed by atoms with E-state index in [1.54, 1.807) is 0 Å². The minimum absolute atomic E-state index is 0.408. The summed E-state index contributed by atoms with van der Waals surface area (Å²) in [5.41, 5.74) is 5.22. The molecule has 0 fully saturated rings. The molecule has 0 amide bonds. The molecule has 2 aromatic carbocycles. The zero-order valence-electron chi connectivity index (χ0n) is 13.5. The van der Waals surface area contributed by atoms with Gasteiger partial charge in [0.1, 0.15) is 5.82 Å². The number of hydrogen-bond donors (Lipinski definition) is 1. The summed E-state index contributed by atoms with van der Waals surface area (Å²) in [6.07, 6.45) is 0. The Morgan fingerprint density at radius 3 is 2.26 bits per heavy atom. The molecule has 0 aliphatic rings. The highest BCUT2D eigenvalue weighted by molar-refractivity contribution is 5.74. The van der Waals surface area contributed by atoms with Crippen molar-refractivity contribution in [2.24, 2.45) is 0 Å². The molecule has 3 aromatic rings. The van der Waals surface area contributed by atoms with Crippen LogP contribution < -0.4 is 0 Å². The molecule has 4 nitrogen and oxygen atoms in total. The van der Waals surface area contributed by atoms with Crippen LogP contribution in [0.3, 0.4) is 0 Å². The van der Waals surface area contributed by atoms with Gasteiger partial charge >= 0.3 is 0 Å². The number of aryl methyl sites for hydroxylation is 1. The van der Waals surface area contributed by atoms with Crippen LogP contribution in [0.4, 0.5) is 0 Å². The molecule has 0 unspecified atom stereocenters. The summed E-state index contributed by atoms with van der Waals surface area (Å²) in [6, 6.07) is 16.2. The molecular weight excluding hydrogens is 284 g/mol. The maximum atomic E-state index is 8.97. The third kappa shape index (κ3) is 3.00. The quantitative estimate of drug-likeness (QED) is 0.777. The van der Waals surface area contributed by atoms with Crippen LogP contribution in [0.15, 0.2) is 42.5 Å². The summed E-state index contributed by atoms with van der Waals surface area (Å²) in [6.45, 7) is 6.25. The van der Waals surface area contributed by atoms with Gasteiger partial charge in [-0.15, -0.1) is 10.2 Å². The van der Waals surface area contributed by atoms with Gasteiger partial charge < -0.3 is 4.98 Å². The standard InChI is InChI=1S/C19H18N4/c1-12(2)17-9-8-16(19-21-13(3)22-23-19)10-18(17)15-6-4-14(11-20)5-7-15/h4-10,12H,1-3H3,(H,21,22,23). The van der Waals surface area contributed by atoms with Gasteiger partial charge in [0.15, 0.2) is 5.82 Å². The van der Waals surface area contributed by atoms with Gasteiger partial charge in [-0.05, 0) is 47.7 Å². The molecule has 0 saturated heterocycles. The van der Waals surface area contributed by atoms with Crippen LogP contribution in [0.2, 0.25) is 0 Å². The minimum Gasteiger partial charge on any atom is -0.325 e. The fraction of sp³-hybridized carbons (Fsp3) is 0.211. The zero-order valence-corrected chi connectivity index (χ0v) is 13.5. The monoisotopic (exact) mass is 302 g/mol. The largest absolute Gasteiger partial charge is 0.325 e. The summed E-state index contributed by atoms with van der Waals surface area (Å²) in [7, 11) is 0. The van der Waals surface area contributed by atoms with Crippen molar-refractivity contribution in [3.8, 4) is 28.6 Å². The number of rotatable bonds is 3. The van der Waals surface area contributed by atoms with Gasteiger partial charge in [-0.1, -0.05) is 38.1 Å². The molecule has 23 heavy (non-hydrogen) atoms. The molecule has 1 aromatic heterocycles. The van der Waals surface area contributed by atoms with Crippen molar-refractivity contribution < 1.29 is 0 Å². The first-order valence-electron chi connectivity index (χ1n) is 7.62. The molecule has 0 bridgehead atoms. The van der Waals surface area contributed by atoms with Crippen molar-refractivity contribution in [3.05, 3.63) is 59.4 Å². The average Bonchev–Trinajstić information content (AvgIpc) is 3.01. The normalized spacial score (nSPS) is 10.7. The number of benzene rings is 2. The van der Waals surface area contributed by atoms with E-state index < -0.39 is 0 Å². The van der Waals surface area contributed by atoms with E-state index >= 15 is 0 Å². The van der Waals surface area contributed by atoms with Crippen molar-refractivity contribution in [1.29, 1.82) is 5.26 Å². The molecule has 0 saturated carbocycles. The molecule has 1 N–H and O–H groups in total. The van der Waals surface area contributed by atoms with Crippen molar-refractivity contribution in [3.63, 3.8) is 0 Å². The van der Waals surface area contributed by atoms with Crippen LogP contribution >= 0.6 is 0 Å². The van der Waals surface area contributed by atoms with E-state index in [2.05, 4.69) is 53.3 Å². The van der Waals surface area contributed by atoms with Gasteiger partial charge in [-0.3, -0.25) is 0 Å². The van der Waals surface area contributed by atoms with Crippen molar-refractivity contribution >= 4 is 0 Å². The number of aromatic nitrogens is 3. The first-order chi connectivity index (χ1) is 11.1. The van der Waals surface area contributed by atoms with Crippen LogP contribution in [0.25, 0.3) is 22.5 Å². The highest BCUT2D eigenvalue weighted by Gasteiger charge is 2.12. The molecule has 4 heteroatoms. The SMILES string of the molecule is Cc1nnc(-c2ccc(C(C)C)c(-c3ccc(C#N)cc3)c2)[nH]1. The molecular formula is C19H18N4. The van der Waals surface area contributed by atoms with E-state index in [0.29, 0.717) is 11.5 Å². The number of nitrogens with one attached hydrogen (secondary N) is 1. The lowest BCUT2D eigenvalue weighted by Gasteiger charge is -2.14. The molecule has 1 heterocycles. The number of nitrogens with zero attached hydrogens (tertiary/aromatic N) is 3. The molecule has 114 valence electrons. The molecule has 0 aliphatic heterocycles. The Morgan fingerprint density at radius 1 is 1.00 bits per heavy atom. The number of aromatic amines is 1. The highest BCUT2D eigenvalue weighted by atomic mass is 15.2. The Kier molecular flexibility index (Phi) is 3.94. The van der Waals surface area contributed by atoms with Gasteiger partial charge in [0.25, 0.3) is 0 Å². The average molecular weight is 302 g/mol. The van der Waals surface area contributed by atoms with E-state index in [9.17, 15) is 0 Å². The smallest absolute Gasteiger partial charge is 0.161 e. The topological polar surface area (TPSA) is 65.4 Å². The summed E-state index contributed by atoms with van der Waals surface area (Å²) in [5, 5.41) is 17.2. The summed E-state index contributed by atoms with van der Waals surface area (Å²) in [5.74, 6) is 1.98. The van der Waals surface area contributed by atoms with Gasteiger partial charge in [0.05, 0.1) is 11.6 Å². The second kappa shape index (κ2) is 6.05. The van der Waals surface area contributed by atoms with E-state index in [0.717, 1.165) is 28.3 Å². The second-order valence-electron chi connectivity index (χ2n) is 5.90. The Bertz CT molecular complexity index is 867. The number of nitriles is 1. The molecule has 0 radical (unpaired) electrons. The predicted molar refractivity (Wildman–Crippen MR) is 90.8 cm³/mol. The lowest BCUT2D eigenvalue weighted by Crippen LogP contribution is -1.94. The lowest BCUT2D eigenvalue weighted by molar-refractivity contribution is 0.869. The van der Waals surface area contributed by atoms with Gasteiger partial charge in [0, 0.05) is 5.56 Å². The lowest BCUT2D eigenvalue weighted by atomic mass is 9.90. The van der Waals surface area contributed by atoms with Crippen molar-refractivity contribution in [2.45, 2.75) is 26.7 Å². The zero-order chi connectivity index (χ0) is 16.4. The fourth-order valence-corrected chi connectivity index (χ4v) is 2.66. The van der Waals surface area contributed by atoms with Gasteiger partial charge in [-0.25, -0.2) is 0 Å². The van der Waals surface area contributed by atoms with E-state index in [-0.39, 0.29) is 0 Å². The van der Waals surface area contributed by atoms with Crippen LogP contribution in [-0.2, 0) is 0 Å². The Morgan fingerprint density at radius 2 is 1.70 bits per heavy atom. The first-order valence-corrected chi connectivity index (χ1v) is 7.62. The third-order valence-electron chi connectivity index (χ3n) is 3.87. The first kappa shape index (κ1) is 15.0. The van der Waals surface area contributed by atoms with Crippen LogP contribution in [0, 0.1) is 18.3 Å². The second-order valence-corrected chi connectivity index (χ2v) is 5.90. The summed E-state index contributed by atoms with van der Waals surface area (Å²) >= 11 is 0. The summed E-state index contributed by atoms with van der Waals surface area (Å²) < 4.78 is 0. The van der Waals surface area contributed by atoms with E-state index in [1.807, 2.05) is 31.2 Å². The van der Waals surface area contributed by atoms with Crippen LogP contribution in [0.5, 0.6) is 0 Å². The van der Waals surface area contributed by atoms with Gasteiger partial charge in [-0.2, -0.15) is 5.26 Å². The van der Waals surface area contributed by atoms with Crippen molar-refractivity contribution in [1.82, 2.24) is 15.2 Å². The molecule has 3 rings (SSSR count). The van der Waals surface area contributed by atoms with Gasteiger partial charge in [0.2, 0.25) is 0 Å². The van der Waals surface area contributed by atoms with Crippen LogP contribution in [-0.4, -0.2) is 15.2 Å². The maximum Gasteiger partial charge on any atom is 0.161 e. The highest BCUT2D eigenvalue weighted by Crippen LogP contribution is 2.32. The maximum absolute atomic E-state index is 8.97. The fourth-order valence-electron chi connectivity index (χ4n) is 2.66. The molecule has 0 atom stereocenters. The number of hydrogen-bond acceptors (Lipinski definition) is 3. The number of H-pyrrole nitrogens is 1. The Balaban J connectivity index is 2.13. The molecule has 0 spiro atoms. The third-order valence-corrected chi connectivity index (χ3v) is 3.87. The van der Waals surface area contributed by atoms with E-state index in [1.165, 1.54) is 5.56 Å². The minimum atomic E-state index is 0.408. The van der Waals surface area contributed by atoms with Crippen molar-refractivity contribution in [2.75, 3.05) is 0 Å². The van der Waals surface area contributed by atoms with Crippen LogP contribution in [0.1, 0.15) is 36.7 Å².